The van der Waals surface area contributed by atoms with Crippen LogP contribution in [-0.4, -0.2) is 15.1 Å². The van der Waals surface area contributed by atoms with E-state index in [9.17, 15) is 0 Å². The predicted octanol–water partition coefficient (Wildman–Crippen LogP) is 6.91. The van der Waals surface area contributed by atoms with Gasteiger partial charge in [-0.2, -0.15) is 0 Å². The molecule has 1 aliphatic carbocycles. The minimum absolute atomic E-state index is 0.0703. The second-order valence-corrected chi connectivity index (χ2v) is 9.11. The number of thiazole rings is 1. The first-order chi connectivity index (χ1) is 14.2. The molecule has 0 aliphatic heterocycles. The summed E-state index contributed by atoms with van der Waals surface area (Å²) in [4.78, 5) is 5.05. The van der Waals surface area contributed by atoms with Gasteiger partial charge >= 0.3 is 0 Å². The molecule has 0 saturated heterocycles. The van der Waals surface area contributed by atoms with Crippen LogP contribution in [0.3, 0.4) is 0 Å². The van der Waals surface area contributed by atoms with E-state index in [2.05, 4.69) is 95.7 Å². The van der Waals surface area contributed by atoms with Crippen molar-refractivity contribution in [1.29, 1.82) is 0 Å². The summed E-state index contributed by atoms with van der Waals surface area (Å²) < 4.78 is 3.57. The van der Waals surface area contributed by atoms with Crippen LogP contribution in [0.25, 0.3) is 37.7 Å². The monoisotopic (exact) mass is 395 g/mol. The van der Waals surface area contributed by atoms with E-state index in [1.54, 1.807) is 11.3 Å². The van der Waals surface area contributed by atoms with Crippen molar-refractivity contribution in [2.24, 2.45) is 0 Å². The van der Waals surface area contributed by atoms with E-state index in [-0.39, 0.29) is 5.54 Å². The number of nitrogens with zero attached hydrogens (tertiary/aromatic N) is 2. The minimum Gasteiger partial charge on any atom is -0.356 e. The van der Waals surface area contributed by atoms with E-state index in [4.69, 9.17) is 4.98 Å². The molecule has 0 radical (unpaired) electrons. The first-order valence-corrected chi connectivity index (χ1v) is 10.8. The molecular formula is C25H21N3S. The topological polar surface area (TPSA) is 29.9 Å². The lowest BCUT2D eigenvalue weighted by Gasteiger charge is -2.24. The molecule has 6 rings (SSSR count). The van der Waals surface area contributed by atoms with E-state index in [0.29, 0.717) is 0 Å². The molecule has 0 spiro atoms. The van der Waals surface area contributed by atoms with Crippen molar-refractivity contribution in [2.45, 2.75) is 25.3 Å². The highest BCUT2D eigenvalue weighted by molar-refractivity contribution is 7.22. The van der Waals surface area contributed by atoms with Gasteiger partial charge in [0.15, 0.2) is 5.13 Å². The summed E-state index contributed by atoms with van der Waals surface area (Å²) in [5.74, 6) is 0. The fourth-order valence-corrected chi connectivity index (χ4v) is 5.52. The molecule has 0 atom stereocenters. The number of hydrogen-bond donors (Lipinski definition) is 1. The molecule has 3 aromatic carbocycles. The van der Waals surface area contributed by atoms with Gasteiger partial charge in [-0.25, -0.2) is 4.98 Å². The second kappa shape index (κ2) is 6.19. The Morgan fingerprint density at radius 1 is 0.862 bits per heavy atom. The molecule has 0 bridgehead atoms. The Bertz CT molecular complexity index is 1340. The number of para-hydroxylation sites is 3. The number of aromatic nitrogens is 2. The van der Waals surface area contributed by atoms with Crippen molar-refractivity contribution >= 4 is 48.5 Å². The molecular weight excluding hydrogens is 374 g/mol. The van der Waals surface area contributed by atoms with Crippen LogP contribution in [0.2, 0.25) is 0 Å². The van der Waals surface area contributed by atoms with Gasteiger partial charge in [-0.3, -0.25) is 0 Å². The van der Waals surface area contributed by atoms with Gasteiger partial charge in [-0.1, -0.05) is 66.0 Å². The number of rotatable bonds is 3. The van der Waals surface area contributed by atoms with E-state index >= 15 is 0 Å². The average Bonchev–Trinajstić information content (AvgIpc) is 3.43. The fourth-order valence-electron chi connectivity index (χ4n) is 4.48. The third-order valence-electron chi connectivity index (χ3n) is 5.93. The van der Waals surface area contributed by atoms with E-state index in [0.717, 1.165) is 29.2 Å². The van der Waals surface area contributed by atoms with Gasteiger partial charge < -0.3 is 9.88 Å². The van der Waals surface area contributed by atoms with Crippen LogP contribution in [0.4, 0.5) is 5.13 Å². The van der Waals surface area contributed by atoms with Gasteiger partial charge in [0.1, 0.15) is 5.52 Å². The Balaban J connectivity index is 1.58. The first-order valence-electron chi connectivity index (χ1n) is 10.0. The molecule has 29 heavy (non-hydrogen) atoms. The smallest absolute Gasteiger partial charge is 0.184 e. The Morgan fingerprint density at radius 2 is 1.52 bits per heavy atom. The lowest BCUT2D eigenvalue weighted by Crippen LogP contribution is -2.31. The Labute approximate surface area is 173 Å². The van der Waals surface area contributed by atoms with Crippen LogP contribution in [0.5, 0.6) is 0 Å². The maximum Gasteiger partial charge on any atom is 0.184 e. The van der Waals surface area contributed by atoms with Gasteiger partial charge in [0.25, 0.3) is 0 Å². The predicted molar refractivity (Wildman–Crippen MR) is 124 cm³/mol. The van der Waals surface area contributed by atoms with E-state index < -0.39 is 0 Å². The molecule has 0 fully saturated rings. The number of hydrogen-bond acceptors (Lipinski definition) is 3. The number of anilines is 1. The normalized spacial score (nSPS) is 15.6. The van der Waals surface area contributed by atoms with Crippen molar-refractivity contribution in [3.05, 3.63) is 78.9 Å². The van der Waals surface area contributed by atoms with Crippen LogP contribution in [0.15, 0.2) is 78.9 Å². The molecule has 2 heterocycles. The molecule has 3 nitrogen and oxygen atoms in total. The summed E-state index contributed by atoms with van der Waals surface area (Å²) >= 11 is 1.74. The van der Waals surface area contributed by atoms with Crippen molar-refractivity contribution in [2.75, 3.05) is 5.32 Å². The molecule has 4 heteroatoms. The van der Waals surface area contributed by atoms with Crippen molar-refractivity contribution in [3.8, 4) is 5.69 Å². The third kappa shape index (κ3) is 2.60. The largest absolute Gasteiger partial charge is 0.356 e. The first kappa shape index (κ1) is 16.8. The van der Waals surface area contributed by atoms with Gasteiger partial charge in [0.2, 0.25) is 0 Å². The van der Waals surface area contributed by atoms with Gasteiger partial charge in [0.05, 0.1) is 21.4 Å². The molecule has 0 saturated carbocycles. The highest BCUT2D eigenvalue weighted by Crippen LogP contribution is 2.38. The van der Waals surface area contributed by atoms with Crippen LogP contribution < -0.4 is 5.32 Å². The molecule has 1 aliphatic rings. The van der Waals surface area contributed by atoms with Gasteiger partial charge in [-0.05, 0) is 44.0 Å². The van der Waals surface area contributed by atoms with Crippen LogP contribution in [0, 0.1) is 0 Å². The quantitative estimate of drug-likeness (QED) is 0.336. The lowest BCUT2D eigenvalue weighted by molar-refractivity contribution is 0.554. The van der Waals surface area contributed by atoms with E-state index in [1.807, 2.05) is 0 Å². The lowest BCUT2D eigenvalue weighted by atomic mass is 10.0. The van der Waals surface area contributed by atoms with Crippen LogP contribution in [0.1, 0.15) is 19.8 Å². The fraction of sp³-hybridized carbons (Fsp3) is 0.160. The highest BCUT2D eigenvalue weighted by atomic mass is 32.1. The summed E-state index contributed by atoms with van der Waals surface area (Å²) in [7, 11) is 0. The Kier molecular flexibility index (Phi) is 3.59. The van der Waals surface area contributed by atoms with Gasteiger partial charge in [0, 0.05) is 16.3 Å². The third-order valence-corrected chi connectivity index (χ3v) is 6.87. The highest BCUT2D eigenvalue weighted by Gasteiger charge is 2.26. The molecule has 0 amide bonds. The zero-order valence-electron chi connectivity index (χ0n) is 16.2. The molecule has 142 valence electrons. The summed E-state index contributed by atoms with van der Waals surface area (Å²) in [5.41, 5.74) is 4.70. The second-order valence-electron chi connectivity index (χ2n) is 8.08. The molecule has 5 aromatic rings. The van der Waals surface area contributed by atoms with E-state index in [1.165, 1.54) is 26.5 Å². The number of nitrogens with one attached hydrogen (secondary N) is 1. The standard InChI is InChI=1S/C25H21N3S/c1-25(15-6-7-16-25)27-24-26-23-21(13-8-14-22(23)29-24)28-19-11-4-2-9-17(19)18-10-3-5-12-20(18)28/h2-14H,15-16H2,1H3,(H,26,27). The number of fused-ring (bicyclic) bond motifs is 4. The molecule has 0 unspecified atom stereocenters. The number of benzene rings is 3. The van der Waals surface area contributed by atoms with Gasteiger partial charge in [-0.15, -0.1) is 0 Å². The Hall–Kier alpha value is -3.11. The Morgan fingerprint density at radius 3 is 2.21 bits per heavy atom. The summed E-state index contributed by atoms with van der Waals surface area (Å²) in [5, 5.41) is 7.24. The SMILES string of the molecule is CC1(Nc2nc3c(-n4c5ccccc5c5ccccc54)cccc3s2)CC=CC1. The zero-order valence-corrected chi connectivity index (χ0v) is 17.0. The van der Waals surface area contributed by atoms with Crippen LogP contribution >= 0.6 is 11.3 Å². The van der Waals surface area contributed by atoms with Crippen LogP contribution in [-0.2, 0) is 0 Å². The average molecular weight is 396 g/mol. The molecule has 1 N–H and O–H groups in total. The van der Waals surface area contributed by atoms with Crippen molar-refractivity contribution < 1.29 is 0 Å². The maximum absolute atomic E-state index is 5.05. The molecule has 2 aromatic heterocycles. The maximum atomic E-state index is 5.05. The zero-order chi connectivity index (χ0) is 19.4. The summed E-state index contributed by atoms with van der Waals surface area (Å²) in [6, 6.07) is 23.8. The van der Waals surface area contributed by atoms with Crippen molar-refractivity contribution in [1.82, 2.24) is 9.55 Å². The summed E-state index contributed by atoms with van der Waals surface area (Å²) in [6.45, 7) is 2.27. The minimum atomic E-state index is 0.0703. The van der Waals surface area contributed by atoms with Crippen molar-refractivity contribution in [3.63, 3.8) is 0 Å². The summed E-state index contributed by atoms with van der Waals surface area (Å²) in [6.07, 6.45) is 6.60.